The van der Waals surface area contributed by atoms with E-state index < -0.39 is 0 Å². The Morgan fingerprint density at radius 2 is 1.96 bits per heavy atom. The van der Waals surface area contributed by atoms with Crippen LogP contribution in [-0.4, -0.2) is 9.55 Å². The van der Waals surface area contributed by atoms with Gasteiger partial charge in [-0.25, -0.2) is 9.37 Å². The summed E-state index contributed by atoms with van der Waals surface area (Å²) in [5, 5.41) is 3.60. The van der Waals surface area contributed by atoms with E-state index in [4.69, 9.17) is 11.6 Å². The summed E-state index contributed by atoms with van der Waals surface area (Å²) in [5.41, 5.74) is 1.40. The van der Waals surface area contributed by atoms with Crippen LogP contribution in [0.25, 0.3) is 15.9 Å². The van der Waals surface area contributed by atoms with Gasteiger partial charge in [-0.3, -0.25) is 9.36 Å². The van der Waals surface area contributed by atoms with E-state index in [1.54, 1.807) is 41.0 Å². The van der Waals surface area contributed by atoms with Crippen LogP contribution in [0.15, 0.2) is 69.9 Å². The monoisotopic (exact) mass is 402 g/mol. The fourth-order valence-corrected chi connectivity index (χ4v) is 4.47. The molecule has 4 aromatic rings. The Morgan fingerprint density at radius 3 is 2.73 bits per heavy atom. The van der Waals surface area contributed by atoms with Crippen molar-refractivity contribution in [2.45, 2.75) is 10.9 Å². The molecule has 0 fully saturated rings. The zero-order valence-electron chi connectivity index (χ0n) is 13.4. The molecule has 2 aromatic heterocycles. The fraction of sp³-hybridized carbons (Fsp3) is 0.0526. The lowest BCUT2D eigenvalue weighted by atomic mass is 10.2. The molecule has 0 saturated heterocycles. The predicted octanol–water partition coefficient (Wildman–Crippen LogP) is 5.53. The number of halogens is 2. The standard InChI is InChI=1S/C19H12ClFN2OS2/c20-13-4-6-15(7-5-13)23-18(24)16-8-9-25-17(16)22-19(23)26-11-12-2-1-3-14(21)10-12/h1-10H,11H2. The Balaban J connectivity index is 1.80. The molecule has 3 nitrogen and oxygen atoms in total. The van der Waals surface area contributed by atoms with Gasteiger partial charge < -0.3 is 0 Å². The Hall–Kier alpha value is -2.15. The Bertz CT molecular complexity index is 1140. The number of hydrogen-bond donors (Lipinski definition) is 0. The van der Waals surface area contributed by atoms with Crippen molar-refractivity contribution >= 4 is 44.9 Å². The predicted molar refractivity (Wildman–Crippen MR) is 106 cm³/mol. The van der Waals surface area contributed by atoms with Gasteiger partial charge in [0.15, 0.2) is 5.16 Å². The van der Waals surface area contributed by atoms with E-state index >= 15 is 0 Å². The van der Waals surface area contributed by atoms with Crippen molar-refractivity contribution < 1.29 is 4.39 Å². The van der Waals surface area contributed by atoms with Crippen molar-refractivity contribution in [3.05, 3.63) is 86.7 Å². The summed E-state index contributed by atoms with van der Waals surface area (Å²) in [6.07, 6.45) is 0. The number of hydrogen-bond acceptors (Lipinski definition) is 4. The summed E-state index contributed by atoms with van der Waals surface area (Å²) in [5.74, 6) is 0.231. The molecule has 2 aromatic carbocycles. The van der Waals surface area contributed by atoms with Crippen LogP contribution in [0.5, 0.6) is 0 Å². The largest absolute Gasteiger partial charge is 0.268 e. The first-order chi connectivity index (χ1) is 12.6. The number of thioether (sulfide) groups is 1. The third-order valence-electron chi connectivity index (χ3n) is 3.81. The van der Waals surface area contributed by atoms with Crippen LogP contribution in [0.2, 0.25) is 5.02 Å². The highest BCUT2D eigenvalue weighted by Gasteiger charge is 2.14. The third-order valence-corrected chi connectivity index (χ3v) is 5.88. The summed E-state index contributed by atoms with van der Waals surface area (Å²) >= 11 is 8.80. The van der Waals surface area contributed by atoms with Gasteiger partial charge in [0.2, 0.25) is 0 Å². The first-order valence-electron chi connectivity index (χ1n) is 7.75. The van der Waals surface area contributed by atoms with Crippen LogP contribution >= 0.6 is 34.7 Å². The van der Waals surface area contributed by atoms with Crippen molar-refractivity contribution in [1.82, 2.24) is 9.55 Å². The van der Waals surface area contributed by atoms with E-state index in [0.717, 1.165) is 5.56 Å². The lowest BCUT2D eigenvalue weighted by molar-refractivity contribution is 0.626. The smallest absolute Gasteiger partial charge is 0.267 e. The quantitative estimate of drug-likeness (QED) is 0.332. The second kappa shape index (κ2) is 7.23. The third kappa shape index (κ3) is 3.40. The van der Waals surface area contributed by atoms with Crippen LogP contribution in [-0.2, 0) is 5.75 Å². The Labute approximate surface area is 162 Å². The number of aromatic nitrogens is 2. The summed E-state index contributed by atoms with van der Waals surface area (Å²) in [6.45, 7) is 0. The first kappa shape index (κ1) is 17.3. The molecule has 0 radical (unpaired) electrons. The molecule has 0 unspecified atom stereocenters. The molecule has 0 aliphatic carbocycles. The molecule has 0 saturated carbocycles. The van der Waals surface area contributed by atoms with Crippen molar-refractivity contribution in [1.29, 1.82) is 0 Å². The fourth-order valence-electron chi connectivity index (χ4n) is 2.58. The topological polar surface area (TPSA) is 34.9 Å². The van der Waals surface area contributed by atoms with Gasteiger partial charge in [-0.1, -0.05) is 35.5 Å². The molecular weight excluding hydrogens is 391 g/mol. The molecule has 0 aliphatic rings. The normalized spacial score (nSPS) is 11.2. The minimum Gasteiger partial charge on any atom is -0.268 e. The molecule has 7 heteroatoms. The van der Waals surface area contributed by atoms with E-state index in [2.05, 4.69) is 4.98 Å². The van der Waals surface area contributed by atoms with Crippen LogP contribution in [0, 0.1) is 5.82 Å². The number of fused-ring (bicyclic) bond motifs is 1. The van der Waals surface area contributed by atoms with Gasteiger partial charge >= 0.3 is 0 Å². The zero-order valence-corrected chi connectivity index (χ0v) is 15.7. The molecule has 0 amide bonds. The van der Waals surface area contributed by atoms with Crippen LogP contribution in [0.3, 0.4) is 0 Å². The van der Waals surface area contributed by atoms with Crippen LogP contribution < -0.4 is 5.56 Å². The number of benzene rings is 2. The second-order valence-corrected chi connectivity index (χ2v) is 7.84. The summed E-state index contributed by atoms with van der Waals surface area (Å²) in [6, 6.07) is 15.3. The zero-order chi connectivity index (χ0) is 18.1. The van der Waals surface area contributed by atoms with E-state index in [1.165, 1.54) is 35.2 Å². The van der Waals surface area contributed by atoms with Crippen molar-refractivity contribution in [3.63, 3.8) is 0 Å². The van der Waals surface area contributed by atoms with Gasteiger partial charge in [0.25, 0.3) is 5.56 Å². The molecule has 2 heterocycles. The van der Waals surface area contributed by atoms with Gasteiger partial charge in [-0.2, -0.15) is 0 Å². The maximum atomic E-state index is 13.4. The summed E-state index contributed by atoms with van der Waals surface area (Å²) < 4.78 is 15.0. The maximum absolute atomic E-state index is 13.4. The highest BCUT2D eigenvalue weighted by Crippen LogP contribution is 2.27. The molecule has 130 valence electrons. The van der Waals surface area contributed by atoms with Crippen molar-refractivity contribution in [2.75, 3.05) is 0 Å². The van der Waals surface area contributed by atoms with Gasteiger partial charge in [0.1, 0.15) is 10.6 Å². The minimum absolute atomic E-state index is 0.125. The number of nitrogens with zero attached hydrogens (tertiary/aromatic N) is 2. The average Bonchev–Trinajstić information content (AvgIpc) is 3.10. The molecule has 0 aliphatic heterocycles. The molecule has 0 atom stereocenters. The number of thiophene rings is 1. The first-order valence-corrected chi connectivity index (χ1v) is 9.99. The van der Waals surface area contributed by atoms with E-state index in [1.807, 2.05) is 11.4 Å². The maximum Gasteiger partial charge on any atom is 0.267 e. The number of rotatable bonds is 4. The molecule has 0 N–H and O–H groups in total. The highest BCUT2D eigenvalue weighted by molar-refractivity contribution is 7.98. The lowest BCUT2D eigenvalue weighted by Gasteiger charge is -2.12. The molecule has 26 heavy (non-hydrogen) atoms. The average molecular weight is 403 g/mol. The van der Waals surface area contributed by atoms with Crippen molar-refractivity contribution in [3.8, 4) is 5.69 Å². The van der Waals surface area contributed by atoms with Crippen LogP contribution in [0.4, 0.5) is 4.39 Å². The van der Waals surface area contributed by atoms with E-state index in [-0.39, 0.29) is 11.4 Å². The van der Waals surface area contributed by atoms with E-state index in [0.29, 0.717) is 31.8 Å². The molecular formula is C19H12ClFN2OS2. The molecule has 0 spiro atoms. The lowest BCUT2D eigenvalue weighted by Crippen LogP contribution is -2.21. The minimum atomic E-state index is -0.278. The second-order valence-electron chi connectivity index (χ2n) is 5.57. The van der Waals surface area contributed by atoms with Gasteiger partial charge in [-0.05, 0) is 53.4 Å². The molecule has 4 rings (SSSR count). The summed E-state index contributed by atoms with van der Waals surface area (Å²) in [7, 11) is 0. The Kier molecular flexibility index (Phi) is 4.80. The molecule has 0 bridgehead atoms. The van der Waals surface area contributed by atoms with Crippen LogP contribution in [0.1, 0.15) is 5.56 Å². The summed E-state index contributed by atoms with van der Waals surface area (Å²) in [4.78, 5) is 18.3. The van der Waals surface area contributed by atoms with Crippen molar-refractivity contribution in [2.24, 2.45) is 0 Å². The van der Waals surface area contributed by atoms with E-state index in [9.17, 15) is 9.18 Å². The highest BCUT2D eigenvalue weighted by atomic mass is 35.5. The SMILES string of the molecule is O=c1c2ccsc2nc(SCc2cccc(F)c2)n1-c1ccc(Cl)cc1. The van der Waals surface area contributed by atoms with Gasteiger partial charge in [0, 0.05) is 10.8 Å². The van der Waals surface area contributed by atoms with Gasteiger partial charge in [0.05, 0.1) is 11.1 Å². The Morgan fingerprint density at radius 1 is 1.15 bits per heavy atom. The van der Waals surface area contributed by atoms with Gasteiger partial charge in [-0.15, -0.1) is 11.3 Å².